The first kappa shape index (κ1) is 13.6. The minimum atomic E-state index is -0.476. The monoisotopic (exact) mass is 283 g/mol. The van der Waals surface area contributed by atoms with Crippen LogP contribution >= 0.6 is 11.6 Å². The van der Waals surface area contributed by atoms with Crippen LogP contribution in [0.4, 0.5) is 14.5 Å². The molecule has 0 aromatic heterocycles. The zero-order chi connectivity index (χ0) is 13.8. The number of nitrogens with one attached hydrogen (secondary N) is 1. The summed E-state index contributed by atoms with van der Waals surface area (Å²) in [5.74, 6) is -0.354. The van der Waals surface area contributed by atoms with Crippen molar-refractivity contribution in [3.8, 4) is 5.75 Å². The highest BCUT2D eigenvalue weighted by molar-refractivity contribution is 6.30. The molecule has 0 aliphatic carbocycles. The maximum absolute atomic E-state index is 13.5. The molecule has 0 bridgehead atoms. The van der Waals surface area contributed by atoms with E-state index in [4.69, 9.17) is 16.3 Å². The van der Waals surface area contributed by atoms with Crippen molar-refractivity contribution >= 4 is 17.3 Å². The fourth-order valence-corrected chi connectivity index (χ4v) is 1.86. The van der Waals surface area contributed by atoms with Gasteiger partial charge in [0.15, 0.2) is 0 Å². The predicted octanol–water partition coefficient (Wildman–Crippen LogP) is 4.24. The van der Waals surface area contributed by atoms with Gasteiger partial charge in [-0.1, -0.05) is 11.6 Å². The molecule has 0 spiro atoms. The Morgan fingerprint density at radius 1 is 1.16 bits per heavy atom. The second-order valence-electron chi connectivity index (χ2n) is 3.93. The normalized spacial score (nSPS) is 10.3. The quantitative estimate of drug-likeness (QED) is 0.906. The summed E-state index contributed by atoms with van der Waals surface area (Å²) >= 11 is 5.88. The second kappa shape index (κ2) is 5.89. The average molecular weight is 284 g/mol. The van der Waals surface area contributed by atoms with E-state index < -0.39 is 11.6 Å². The summed E-state index contributed by atoms with van der Waals surface area (Å²) in [7, 11) is 1.52. The largest absolute Gasteiger partial charge is 0.495 e. The molecule has 19 heavy (non-hydrogen) atoms. The molecule has 0 heterocycles. The van der Waals surface area contributed by atoms with E-state index in [-0.39, 0.29) is 12.1 Å². The van der Waals surface area contributed by atoms with E-state index in [1.807, 2.05) is 0 Å². The Morgan fingerprint density at radius 3 is 2.68 bits per heavy atom. The maximum Gasteiger partial charge on any atom is 0.142 e. The lowest BCUT2D eigenvalue weighted by molar-refractivity contribution is 0.416. The molecule has 100 valence electrons. The summed E-state index contributed by atoms with van der Waals surface area (Å²) in [6, 6.07) is 8.39. The Bertz CT molecular complexity index is 590. The molecule has 2 aromatic rings. The molecule has 0 amide bonds. The van der Waals surface area contributed by atoms with E-state index in [0.29, 0.717) is 16.5 Å². The van der Waals surface area contributed by atoms with Gasteiger partial charge in [0.2, 0.25) is 0 Å². The average Bonchev–Trinajstić information content (AvgIpc) is 2.40. The molecule has 0 fully saturated rings. The molecule has 1 N–H and O–H groups in total. The molecular weight excluding hydrogens is 272 g/mol. The van der Waals surface area contributed by atoms with Gasteiger partial charge in [-0.2, -0.15) is 0 Å². The lowest BCUT2D eigenvalue weighted by Gasteiger charge is -2.12. The van der Waals surface area contributed by atoms with E-state index in [1.54, 1.807) is 18.2 Å². The van der Waals surface area contributed by atoms with E-state index in [9.17, 15) is 8.78 Å². The predicted molar refractivity (Wildman–Crippen MR) is 71.7 cm³/mol. The van der Waals surface area contributed by atoms with E-state index in [2.05, 4.69) is 5.32 Å². The lowest BCUT2D eigenvalue weighted by Crippen LogP contribution is -2.03. The molecule has 0 atom stereocenters. The molecule has 0 radical (unpaired) electrons. The summed E-state index contributed by atoms with van der Waals surface area (Å²) in [4.78, 5) is 0. The van der Waals surface area contributed by atoms with E-state index in [0.717, 1.165) is 18.2 Å². The molecule has 0 aliphatic rings. The molecule has 0 saturated carbocycles. The molecule has 5 heteroatoms. The smallest absolute Gasteiger partial charge is 0.142 e. The Balaban J connectivity index is 2.18. The third-order valence-corrected chi connectivity index (χ3v) is 2.87. The van der Waals surface area contributed by atoms with Crippen LogP contribution < -0.4 is 10.1 Å². The van der Waals surface area contributed by atoms with Gasteiger partial charge in [0.1, 0.15) is 17.4 Å². The van der Waals surface area contributed by atoms with E-state index >= 15 is 0 Å². The van der Waals surface area contributed by atoms with Crippen LogP contribution in [0.15, 0.2) is 36.4 Å². The topological polar surface area (TPSA) is 21.3 Å². The number of benzene rings is 2. The molecule has 2 aromatic carbocycles. The standard InChI is InChI=1S/C14H12ClF2NO/c1-19-14-5-2-10(15)7-13(14)18-8-9-6-11(16)3-4-12(9)17/h2-7,18H,8H2,1H3. The molecule has 2 rings (SSSR count). The summed E-state index contributed by atoms with van der Waals surface area (Å²) in [6.45, 7) is 0.139. The van der Waals surface area contributed by atoms with Crippen LogP contribution in [0.25, 0.3) is 0 Å². The van der Waals surface area contributed by atoms with Gasteiger partial charge < -0.3 is 10.1 Å². The number of hydrogen-bond donors (Lipinski definition) is 1. The fraction of sp³-hybridized carbons (Fsp3) is 0.143. The number of ether oxygens (including phenoxy) is 1. The summed E-state index contributed by atoms with van der Waals surface area (Å²) < 4.78 is 31.7. The Morgan fingerprint density at radius 2 is 1.95 bits per heavy atom. The summed E-state index contributed by atoms with van der Waals surface area (Å²) in [6.07, 6.45) is 0. The molecule has 0 aliphatic heterocycles. The minimum absolute atomic E-state index is 0.139. The van der Waals surface area contributed by atoms with Crippen LogP contribution in [0.2, 0.25) is 5.02 Å². The number of hydrogen-bond acceptors (Lipinski definition) is 2. The van der Waals surface area contributed by atoms with Crippen LogP contribution in [-0.2, 0) is 6.54 Å². The van der Waals surface area contributed by atoms with E-state index in [1.165, 1.54) is 7.11 Å². The Labute approximate surface area is 115 Å². The number of rotatable bonds is 4. The molecular formula is C14H12ClF2NO. The first-order chi connectivity index (χ1) is 9.10. The van der Waals surface area contributed by atoms with Gasteiger partial charge in [-0.25, -0.2) is 8.78 Å². The van der Waals surface area contributed by atoms with Gasteiger partial charge in [-0.05, 0) is 36.4 Å². The van der Waals surface area contributed by atoms with Gasteiger partial charge in [0.05, 0.1) is 12.8 Å². The van der Waals surface area contributed by atoms with Crippen LogP contribution in [0.3, 0.4) is 0 Å². The second-order valence-corrected chi connectivity index (χ2v) is 4.37. The van der Waals surface area contributed by atoms with Crippen LogP contribution in [0, 0.1) is 11.6 Å². The highest BCUT2D eigenvalue weighted by atomic mass is 35.5. The van der Waals surface area contributed by atoms with Crippen molar-refractivity contribution in [2.45, 2.75) is 6.54 Å². The highest BCUT2D eigenvalue weighted by Gasteiger charge is 2.07. The van der Waals surface area contributed by atoms with Crippen molar-refractivity contribution in [3.63, 3.8) is 0 Å². The number of halogens is 3. The molecule has 0 unspecified atom stereocenters. The zero-order valence-corrected chi connectivity index (χ0v) is 11.0. The molecule has 2 nitrogen and oxygen atoms in total. The van der Waals surface area contributed by atoms with Crippen molar-refractivity contribution in [3.05, 3.63) is 58.6 Å². The van der Waals surface area contributed by atoms with Crippen LogP contribution in [0.1, 0.15) is 5.56 Å². The first-order valence-electron chi connectivity index (χ1n) is 5.61. The molecule has 0 saturated heterocycles. The third kappa shape index (κ3) is 3.35. The van der Waals surface area contributed by atoms with Crippen LogP contribution in [0.5, 0.6) is 5.75 Å². The minimum Gasteiger partial charge on any atom is -0.495 e. The zero-order valence-electron chi connectivity index (χ0n) is 10.2. The number of anilines is 1. The Kier molecular flexibility index (Phi) is 4.22. The van der Waals surface area contributed by atoms with Crippen molar-refractivity contribution < 1.29 is 13.5 Å². The third-order valence-electron chi connectivity index (χ3n) is 2.64. The van der Waals surface area contributed by atoms with Crippen molar-refractivity contribution in [2.75, 3.05) is 12.4 Å². The van der Waals surface area contributed by atoms with Gasteiger partial charge in [0, 0.05) is 17.1 Å². The fourth-order valence-electron chi connectivity index (χ4n) is 1.69. The number of methoxy groups -OCH3 is 1. The van der Waals surface area contributed by atoms with Crippen molar-refractivity contribution in [1.82, 2.24) is 0 Å². The first-order valence-corrected chi connectivity index (χ1v) is 5.99. The van der Waals surface area contributed by atoms with Crippen molar-refractivity contribution in [1.29, 1.82) is 0 Å². The summed E-state index contributed by atoms with van der Waals surface area (Å²) in [5.41, 5.74) is 0.862. The van der Waals surface area contributed by atoms with Gasteiger partial charge in [-0.15, -0.1) is 0 Å². The Hall–Kier alpha value is -1.81. The van der Waals surface area contributed by atoms with Gasteiger partial charge >= 0.3 is 0 Å². The van der Waals surface area contributed by atoms with Gasteiger partial charge in [0.25, 0.3) is 0 Å². The maximum atomic E-state index is 13.5. The van der Waals surface area contributed by atoms with Crippen LogP contribution in [-0.4, -0.2) is 7.11 Å². The lowest BCUT2D eigenvalue weighted by atomic mass is 10.2. The SMILES string of the molecule is COc1ccc(Cl)cc1NCc1cc(F)ccc1F. The van der Waals surface area contributed by atoms with Crippen molar-refractivity contribution in [2.24, 2.45) is 0 Å². The highest BCUT2D eigenvalue weighted by Crippen LogP contribution is 2.28. The van der Waals surface area contributed by atoms with Gasteiger partial charge in [-0.3, -0.25) is 0 Å². The summed E-state index contributed by atoms with van der Waals surface area (Å²) in [5, 5.41) is 3.50.